The topological polar surface area (TPSA) is 68.6 Å². The van der Waals surface area contributed by atoms with Crippen molar-refractivity contribution >= 4 is 17.7 Å². The monoisotopic (exact) mass is 450 g/mol. The number of amides is 1. The number of ether oxygens (including phenoxy) is 1. The van der Waals surface area contributed by atoms with Crippen molar-refractivity contribution in [2.75, 3.05) is 19.7 Å². The summed E-state index contributed by atoms with van der Waals surface area (Å²) in [4.78, 5) is 39.4. The zero-order valence-electron chi connectivity index (χ0n) is 18.4. The first-order valence-corrected chi connectivity index (χ1v) is 9.87. The molecule has 0 spiro atoms. The van der Waals surface area contributed by atoms with Gasteiger partial charge in [-0.3, -0.25) is 9.59 Å². The number of ketones is 1. The minimum absolute atomic E-state index is 0.0151. The molecule has 0 radical (unpaired) electrons. The van der Waals surface area contributed by atoms with Gasteiger partial charge in [0.15, 0.2) is 5.78 Å². The lowest BCUT2D eigenvalue weighted by molar-refractivity contribution is -0.137. The highest BCUT2D eigenvalue weighted by Gasteiger charge is 2.31. The molecule has 0 unspecified atom stereocenters. The summed E-state index contributed by atoms with van der Waals surface area (Å²) in [7, 11) is 1.64. The first kappa shape index (κ1) is 24.9. The highest BCUT2D eigenvalue weighted by molar-refractivity contribution is 6.06. The van der Waals surface area contributed by atoms with E-state index in [2.05, 4.69) is 6.58 Å². The maximum Gasteiger partial charge on any atom is 0.416 e. The average molecular weight is 450 g/mol. The number of Topliss-reactive ketones (excluding diaryl/α,β-unsaturated/α-hetero) is 1. The number of carbonyl (C=O) groups excluding carboxylic acids is 3. The summed E-state index contributed by atoms with van der Waals surface area (Å²) in [6, 6.07) is 3.78. The van der Waals surface area contributed by atoms with Gasteiger partial charge in [0.2, 0.25) is 0 Å². The lowest BCUT2D eigenvalue weighted by Crippen LogP contribution is -2.36. The molecule has 32 heavy (non-hydrogen) atoms. The number of esters is 1. The number of hydrogen-bond donors (Lipinski definition) is 0. The highest BCUT2D eigenvalue weighted by atomic mass is 19.4. The van der Waals surface area contributed by atoms with E-state index in [1.807, 2.05) is 0 Å². The van der Waals surface area contributed by atoms with E-state index in [1.165, 1.54) is 11.0 Å². The second-order valence-corrected chi connectivity index (χ2v) is 7.19. The normalized spacial score (nSPS) is 11.2. The summed E-state index contributed by atoms with van der Waals surface area (Å²) >= 11 is 0. The van der Waals surface area contributed by atoms with E-state index >= 15 is 0 Å². The van der Waals surface area contributed by atoms with E-state index in [4.69, 9.17) is 4.74 Å². The van der Waals surface area contributed by atoms with Gasteiger partial charge in [0.05, 0.1) is 18.7 Å². The fourth-order valence-electron chi connectivity index (χ4n) is 3.49. The quantitative estimate of drug-likeness (QED) is 0.341. The smallest absolute Gasteiger partial charge is 0.416 e. The molecule has 1 aromatic heterocycles. The van der Waals surface area contributed by atoms with E-state index < -0.39 is 29.4 Å². The van der Waals surface area contributed by atoms with Crippen LogP contribution in [0.5, 0.6) is 0 Å². The van der Waals surface area contributed by atoms with Gasteiger partial charge in [-0.2, -0.15) is 13.2 Å². The summed E-state index contributed by atoms with van der Waals surface area (Å²) in [5, 5.41) is 0. The molecule has 0 bridgehead atoms. The molecule has 2 aromatic rings. The molecule has 2 rings (SSSR count). The minimum atomic E-state index is -4.52. The minimum Gasteiger partial charge on any atom is -0.461 e. The molecular weight excluding hydrogens is 425 g/mol. The maximum atomic E-state index is 13.1. The Kier molecular flexibility index (Phi) is 7.66. The molecule has 0 aliphatic heterocycles. The maximum absolute atomic E-state index is 13.1. The summed E-state index contributed by atoms with van der Waals surface area (Å²) in [5.41, 5.74) is 0.663. The first-order chi connectivity index (χ1) is 14.9. The van der Waals surface area contributed by atoms with Gasteiger partial charge in [-0.15, -0.1) is 6.58 Å². The van der Waals surface area contributed by atoms with E-state index in [9.17, 15) is 27.6 Å². The molecule has 0 saturated heterocycles. The third-order valence-corrected chi connectivity index (χ3v) is 5.11. The molecule has 172 valence electrons. The van der Waals surface area contributed by atoms with Crippen LogP contribution in [0.1, 0.15) is 54.9 Å². The Morgan fingerprint density at radius 3 is 2.25 bits per heavy atom. The van der Waals surface area contributed by atoms with Crippen LogP contribution in [0, 0.1) is 13.8 Å². The van der Waals surface area contributed by atoms with Crippen LogP contribution in [0.4, 0.5) is 13.2 Å². The Balaban J connectivity index is 2.33. The zero-order valence-corrected chi connectivity index (χ0v) is 18.4. The number of halogens is 3. The van der Waals surface area contributed by atoms with Gasteiger partial charge in [-0.05, 0) is 50.6 Å². The van der Waals surface area contributed by atoms with Gasteiger partial charge in [0.1, 0.15) is 5.69 Å². The van der Waals surface area contributed by atoms with Gasteiger partial charge in [-0.1, -0.05) is 6.08 Å². The van der Waals surface area contributed by atoms with Gasteiger partial charge in [0, 0.05) is 30.4 Å². The van der Waals surface area contributed by atoms with Crippen molar-refractivity contribution < 1.29 is 32.3 Å². The number of hydrogen-bond acceptors (Lipinski definition) is 4. The van der Waals surface area contributed by atoms with Crippen molar-refractivity contribution in [1.82, 2.24) is 9.47 Å². The van der Waals surface area contributed by atoms with E-state index in [1.54, 1.807) is 32.4 Å². The van der Waals surface area contributed by atoms with Crippen molar-refractivity contribution in [3.05, 3.63) is 70.6 Å². The Hall–Kier alpha value is -3.36. The second kappa shape index (κ2) is 9.84. The summed E-state index contributed by atoms with van der Waals surface area (Å²) < 4.78 is 45.0. The molecule has 6 nitrogen and oxygen atoms in total. The lowest BCUT2D eigenvalue weighted by Gasteiger charge is -2.21. The molecule has 1 aromatic carbocycles. The molecular formula is C23H25F3N2O4. The number of nitrogens with zero attached hydrogens (tertiary/aromatic N) is 2. The SMILES string of the molecule is C=CCN(CC(=O)c1c(C)c(C(=O)OCC)n(C)c1C)C(=O)c1ccc(C(F)(F)F)cc1. The molecule has 1 amide bonds. The number of alkyl halides is 3. The van der Waals surface area contributed by atoms with Crippen LogP contribution in [0.2, 0.25) is 0 Å². The van der Waals surface area contributed by atoms with Gasteiger partial charge < -0.3 is 14.2 Å². The molecule has 0 saturated carbocycles. The van der Waals surface area contributed by atoms with Crippen LogP contribution in [0.25, 0.3) is 0 Å². The lowest BCUT2D eigenvalue weighted by atomic mass is 10.0. The van der Waals surface area contributed by atoms with Crippen LogP contribution in [-0.2, 0) is 18.0 Å². The summed E-state index contributed by atoms with van der Waals surface area (Å²) in [6.45, 7) is 8.43. The van der Waals surface area contributed by atoms with Crippen LogP contribution >= 0.6 is 0 Å². The fraction of sp³-hybridized carbons (Fsp3) is 0.348. The predicted octanol–water partition coefficient (Wildman–Crippen LogP) is 4.35. The largest absolute Gasteiger partial charge is 0.461 e. The molecule has 0 atom stereocenters. The number of benzene rings is 1. The zero-order chi connectivity index (χ0) is 24.2. The van der Waals surface area contributed by atoms with Crippen LogP contribution in [0.3, 0.4) is 0 Å². The van der Waals surface area contributed by atoms with Crippen LogP contribution in [-0.4, -0.2) is 46.8 Å². The highest BCUT2D eigenvalue weighted by Crippen LogP contribution is 2.29. The van der Waals surface area contributed by atoms with E-state index in [0.29, 0.717) is 16.8 Å². The van der Waals surface area contributed by atoms with E-state index in [-0.39, 0.29) is 31.0 Å². The third-order valence-electron chi connectivity index (χ3n) is 5.11. The standard InChI is InChI=1S/C23H25F3N2O4/c1-6-12-28(21(30)16-8-10-17(11-9-16)23(24,25)26)13-18(29)19-14(3)20(22(31)32-7-2)27(5)15(19)4/h6,8-11H,1,7,12-13H2,2-5H3. The Morgan fingerprint density at radius 2 is 1.75 bits per heavy atom. The number of carbonyl (C=O) groups is 3. The summed E-state index contributed by atoms with van der Waals surface area (Å²) in [6.07, 6.45) is -3.10. The molecule has 0 aliphatic carbocycles. The molecule has 0 fully saturated rings. The van der Waals surface area contributed by atoms with Gasteiger partial charge >= 0.3 is 12.1 Å². The fourth-order valence-corrected chi connectivity index (χ4v) is 3.49. The molecule has 0 N–H and O–H groups in total. The second-order valence-electron chi connectivity index (χ2n) is 7.19. The van der Waals surface area contributed by atoms with E-state index in [0.717, 1.165) is 24.3 Å². The third kappa shape index (κ3) is 5.09. The molecule has 1 heterocycles. The molecule has 9 heteroatoms. The number of rotatable bonds is 8. The first-order valence-electron chi connectivity index (χ1n) is 9.87. The van der Waals surface area contributed by atoms with Crippen molar-refractivity contribution in [2.45, 2.75) is 26.9 Å². The Labute approximate surface area is 184 Å². The molecule has 0 aliphatic rings. The number of aromatic nitrogens is 1. The van der Waals surface area contributed by atoms with Gasteiger partial charge in [-0.25, -0.2) is 4.79 Å². The van der Waals surface area contributed by atoms with Crippen molar-refractivity contribution in [2.24, 2.45) is 7.05 Å². The Morgan fingerprint density at radius 1 is 1.16 bits per heavy atom. The van der Waals surface area contributed by atoms with Crippen LogP contribution < -0.4 is 0 Å². The van der Waals surface area contributed by atoms with Crippen molar-refractivity contribution in [1.29, 1.82) is 0 Å². The van der Waals surface area contributed by atoms with Crippen molar-refractivity contribution in [3.63, 3.8) is 0 Å². The van der Waals surface area contributed by atoms with Crippen molar-refractivity contribution in [3.8, 4) is 0 Å². The van der Waals surface area contributed by atoms with Gasteiger partial charge in [0.25, 0.3) is 5.91 Å². The predicted molar refractivity (Wildman–Crippen MR) is 113 cm³/mol. The summed E-state index contributed by atoms with van der Waals surface area (Å²) in [5.74, 6) is -1.57. The Bertz CT molecular complexity index is 1040. The van der Waals surface area contributed by atoms with Crippen LogP contribution in [0.15, 0.2) is 36.9 Å². The average Bonchev–Trinajstić information content (AvgIpc) is 2.95.